The van der Waals surface area contributed by atoms with E-state index in [1.54, 1.807) is 0 Å². The Hall–Kier alpha value is -0.610. The molecular weight excluding hydrogens is 228 g/mol. The predicted molar refractivity (Wildman–Crippen MR) is 61.4 cm³/mol. The highest BCUT2D eigenvalue weighted by molar-refractivity contribution is 6.18. The van der Waals surface area contributed by atoms with Gasteiger partial charge < -0.3 is 14.2 Å². The van der Waals surface area contributed by atoms with Crippen molar-refractivity contribution < 1.29 is 14.2 Å². The number of rotatable bonds is 4. The first-order chi connectivity index (χ1) is 7.88. The Bertz CT molecular complexity index is 296. The smallest absolute Gasteiger partial charge is 0.171 e. The van der Waals surface area contributed by atoms with Gasteiger partial charge in [-0.3, -0.25) is 0 Å². The van der Waals surface area contributed by atoms with Gasteiger partial charge in [0.25, 0.3) is 0 Å². The lowest BCUT2D eigenvalue weighted by Crippen LogP contribution is -2.38. The highest BCUT2D eigenvalue weighted by atomic mass is 35.5. The van der Waals surface area contributed by atoms with Crippen molar-refractivity contribution in [3.05, 3.63) is 35.9 Å². The summed E-state index contributed by atoms with van der Waals surface area (Å²) in [5, 5.41) is 0. The summed E-state index contributed by atoms with van der Waals surface area (Å²) in [6.07, 6.45) is -0.280. The molecule has 0 N–H and O–H groups in total. The molecule has 0 atom stereocenters. The second kappa shape index (κ2) is 6.21. The molecule has 1 aliphatic heterocycles. The van der Waals surface area contributed by atoms with Gasteiger partial charge in [0, 0.05) is 0 Å². The summed E-state index contributed by atoms with van der Waals surface area (Å²) in [4.78, 5) is 0. The van der Waals surface area contributed by atoms with Crippen LogP contribution in [0.25, 0.3) is 0 Å². The zero-order valence-electron chi connectivity index (χ0n) is 8.97. The Labute approximate surface area is 100 Å². The molecule has 0 amide bonds. The molecule has 0 aliphatic carbocycles. The maximum absolute atomic E-state index is 5.67. The minimum atomic E-state index is -0.279. The molecule has 1 heterocycles. The largest absolute Gasteiger partial charge is 0.369 e. The summed E-state index contributed by atoms with van der Waals surface area (Å²) in [7, 11) is 0. The SMILES string of the molecule is ClCC1OCC(OCc2ccccc2)CO1. The molecule has 1 saturated heterocycles. The number of halogens is 1. The molecule has 0 aromatic heterocycles. The number of benzene rings is 1. The topological polar surface area (TPSA) is 27.7 Å². The van der Waals surface area contributed by atoms with Crippen molar-refractivity contribution in [3.63, 3.8) is 0 Å². The summed E-state index contributed by atoms with van der Waals surface area (Å²) in [6, 6.07) is 10.0. The molecule has 3 nitrogen and oxygen atoms in total. The summed E-state index contributed by atoms with van der Waals surface area (Å²) in [5.41, 5.74) is 1.15. The van der Waals surface area contributed by atoms with E-state index in [-0.39, 0.29) is 12.4 Å². The van der Waals surface area contributed by atoms with E-state index >= 15 is 0 Å². The third kappa shape index (κ3) is 3.46. The van der Waals surface area contributed by atoms with Gasteiger partial charge in [-0.05, 0) is 5.56 Å². The van der Waals surface area contributed by atoms with Crippen LogP contribution in [0.2, 0.25) is 0 Å². The Morgan fingerprint density at radius 3 is 2.50 bits per heavy atom. The van der Waals surface area contributed by atoms with Crippen molar-refractivity contribution >= 4 is 11.6 Å². The normalized spacial score (nSPS) is 25.6. The van der Waals surface area contributed by atoms with Crippen molar-refractivity contribution in [1.82, 2.24) is 0 Å². The second-order valence-corrected chi connectivity index (χ2v) is 3.98. The van der Waals surface area contributed by atoms with Crippen molar-refractivity contribution in [2.24, 2.45) is 0 Å². The lowest BCUT2D eigenvalue weighted by molar-refractivity contribution is -0.218. The molecule has 0 spiro atoms. The Kier molecular flexibility index (Phi) is 4.60. The van der Waals surface area contributed by atoms with E-state index in [1.165, 1.54) is 0 Å². The van der Waals surface area contributed by atoms with E-state index in [0.29, 0.717) is 25.7 Å². The summed E-state index contributed by atoms with van der Waals surface area (Å²) >= 11 is 5.61. The van der Waals surface area contributed by atoms with Crippen molar-refractivity contribution in [3.8, 4) is 0 Å². The molecule has 1 aliphatic rings. The molecule has 1 aromatic carbocycles. The van der Waals surface area contributed by atoms with E-state index in [1.807, 2.05) is 30.3 Å². The molecule has 1 fully saturated rings. The Morgan fingerprint density at radius 1 is 1.19 bits per heavy atom. The number of ether oxygens (including phenoxy) is 3. The fourth-order valence-corrected chi connectivity index (χ4v) is 1.68. The third-order valence-corrected chi connectivity index (χ3v) is 2.64. The number of hydrogen-bond donors (Lipinski definition) is 0. The van der Waals surface area contributed by atoms with Crippen LogP contribution in [0.4, 0.5) is 0 Å². The van der Waals surface area contributed by atoms with Gasteiger partial charge in [-0.1, -0.05) is 30.3 Å². The number of alkyl halides is 1. The van der Waals surface area contributed by atoms with E-state index in [9.17, 15) is 0 Å². The van der Waals surface area contributed by atoms with Crippen molar-refractivity contribution in [1.29, 1.82) is 0 Å². The average Bonchev–Trinajstić information content (AvgIpc) is 2.38. The second-order valence-electron chi connectivity index (χ2n) is 3.67. The van der Waals surface area contributed by atoms with Crippen LogP contribution in [-0.2, 0) is 20.8 Å². The molecular formula is C12H15ClO3. The highest BCUT2D eigenvalue weighted by Gasteiger charge is 2.21. The van der Waals surface area contributed by atoms with E-state index in [2.05, 4.69) is 0 Å². The first kappa shape index (κ1) is 11.9. The van der Waals surface area contributed by atoms with Gasteiger partial charge in [0.05, 0.1) is 25.7 Å². The van der Waals surface area contributed by atoms with Gasteiger partial charge in [0.1, 0.15) is 6.10 Å². The van der Waals surface area contributed by atoms with Crippen LogP contribution in [-0.4, -0.2) is 31.5 Å². The quantitative estimate of drug-likeness (QED) is 0.758. The van der Waals surface area contributed by atoms with E-state index < -0.39 is 0 Å². The Morgan fingerprint density at radius 2 is 1.88 bits per heavy atom. The first-order valence-corrected chi connectivity index (χ1v) is 5.86. The van der Waals surface area contributed by atoms with Gasteiger partial charge in [0.2, 0.25) is 0 Å². The van der Waals surface area contributed by atoms with Crippen LogP contribution in [0.15, 0.2) is 30.3 Å². The fraction of sp³-hybridized carbons (Fsp3) is 0.500. The van der Waals surface area contributed by atoms with Crippen LogP contribution in [0.1, 0.15) is 5.56 Å². The monoisotopic (exact) mass is 242 g/mol. The molecule has 1 aromatic rings. The standard InChI is InChI=1S/C12H15ClO3/c13-6-12-15-8-11(9-16-12)14-7-10-4-2-1-3-5-10/h1-5,11-12H,6-9H2. The number of hydrogen-bond acceptors (Lipinski definition) is 3. The Balaban J connectivity index is 1.72. The van der Waals surface area contributed by atoms with Gasteiger partial charge in [-0.2, -0.15) is 0 Å². The third-order valence-electron chi connectivity index (χ3n) is 2.39. The molecule has 0 bridgehead atoms. The van der Waals surface area contributed by atoms with Crippen molar-refractivity contribution in [2.45, 2.75) is 19.0 Å². The first-order valence-electron chi connectivity index (χ1n) is 5.33. The van der Waals surface area contributed by atoms with Crippen LogP contribution < -0.4 is 0 Å². The fourth-order valence-electron chi connectivity index (χ4n) is 1.50. The summed E-state index contributed by atoms with van der Waals surface area (Å²) < 4.78 is 16.4. The van der Waals surface area contributed by atoms with Crippen LogP contribution in [0.5, 0.6) is 0 Å². The zero-order valence-corrected chi connectivity index (χ0v) is 9.73. The molecule has 16 heavy (non-hydrogen) atoms. The van der Waals surface area contributed by atoms with Crippen LogP contribution in [0, 0.1) is 0 Å². The maximum Gasteiger partial charge on any atom is 0.171 e. The van der Waals surface area contributed by atoms with Gasteiger partial charge >= 0.3 is 0 Å². The predicted octanol–water partition coefficient (Wildman–Crippen LogP) is 2.18. The summed E-state index contributed by atoms with van der Waals surface area (Å²) in [6.45, 7) is 1.68. The van der Waals surface area contributed by atoms with E-state index in [4.69, 9.17) is 25.8 Å². The minimum absolute atomic E-state index is 0.000303. The van der Waals surface area contributed by atoms with E-state index in [0.717, 1.165) is 5.56 Å². The highest BCUT2D eigenvalue weighted by Crippen LogP contribution is 2.11. The average molecular weight is 243 g/mol. The van der Waals surface area contributed by atoms with Crippen LogP contribution >= 0.6 is 11.6 Å². The lowest BCUT2D eigenvalue weighted by atomic mass is 10.2. The molecule has 0 saturated carbocycles. The molecule has 88 valence electrons. The lowest BCUT2D eigenvalue weighted by Gasteiger charge is -2.28. The molecule has 0 unspecified atom stereocenters. The van der Waals surface area contributed by atoms with Gasteiger partial charge in [0.15, 0.2) is 6.29 Å². The van der Waals surface area contributed by atoms with Gasteiger partial charge in [-0.25, -0.2) is 0 Å². The van der Waals surface area contributed by atoms with Gasteiger partial charge in [-0.15, -0.1) is 11.6 Å². The summed E-state index contributed by atoms with van der Waals surface area (Å²) in [5.74, 6) is 0.366. The molecule has 4 heteroatoms. The minimum Gasteiger partial charge on any atom is -0.369 e. The maximum atomic E-state index is 5.67. The molecule has 0 radical (unpaired) electrons. The van der Waals surface area contributed by atoms with Crippen molar-refractivity contribution in [2.75, 3.05) is 19.1 Å². The zero-order chi connectivity index (χ0) is 11.2. The molecule has 2 rings (SSSR count). The van der Waals surface area contributed by atoms with Crippen LogP contribution in [0.3, 0.4) is 0 Å².